The van der Waals surface area contributed by atoms with Crippen molar-refractivity contribution in [2.24, 2.45) is 5.92 Å². The van der Waals surface area contributed by atoms with Gasteiger partial charge in [-0.3, -0.25) is 9.69 Å². The van der Waals surface area contributed by atoms with Crippen LogP contribution in [0.4, 0.5) is 8.78 Å². The summed E-state index contributed by atoms with van der Waals surface area (Å²) in [5.41, 5.74) is 0. The van der Waals surface area contributed by atoms with Gasteiger partial charge in [0, 0.05) is 38.3 Å². The summed E-state index contributed by atoms with van der Waals surface area (Å²) in [4.78, 5) is 13.4. The molecule has 1 N–H and O–H groups in total. The van der Waals surface area contributed by atoms with Crippen LogP contribution in [0.3, 0.4) is 0 Å². The quantitative estimate of drug-likeness (QED) is 0.799. The summed E-state index contributed by atoms with van der Waals surface area (Å²) in [6.45, 7) is 7.18. The van der Waals surface area contributed by atoms with Crippen molar-refractivity contribution in [1.82, 2.24) is 14.5 Å². The van der Waals surface area contributed by atoms with Gasteiger partial charge < -0.3 is 5.32 Å². The Balaban J connectivity index is 1.94. The molecule has 0 radical (unpaired) electrons. The van der Waals surface area contributed by atoms with Gasteiger partial charge >= 0.3 is 0 Å². The first-order valence-corrected chi connectivity index (χ1v) is 10.0. The Bertz CT molecular complexity index is 748. The third-order valence-corrected chi connectivity index (χ3v) is 6.53. The number of nitrogens with zero attached hydrogens (tertiary/aromatic N) is 2. The van der Waals surface area contributed by atoms with Gasteiger partial charge in [0.1, 0.15) is 16.5 Å². The Kier molecular flexibility index (Phi) is 6.70. The fourth-order valence-electron chi connectivity index (χ4n) is 2.62. The molecule has 1 aromatic rings. The molecule has 146 valence electrons. The van der Waals surface area contributed by atoms with Crippen LogP contribution in [-0.4, -0.2) is 62.3 Å². The molecule has 1 aromatic carbocycles. The normalized spacial score (nSPS) is 18.1. The maximum absolute atomic E-state index is 13.8. The lowest BCUT2D eigenvalue weighted by Crippen LogP contribution is -2.52. The number of benzene rings is 1. The molecule has 1 atom stereocenters. The summed E-state index contributed by atoms with van der Waals surface area (Å²) in [5.74, 6) is -1.71. The van der Waals surface area contributed by atoms with Crippen LogP contribution in [-0.2, 0) is 14.8 Å². The van der Waals surface area contributed by atoms with Crippen molar-refractivity contribution in [2.45, 2.75) is 31.7 Å². The monoisotopic (exact) mass is 389 g/mol. The van der Waals surface area contributed by atoms with Crippen LogP contribution < -0.4 is 5.32 Å². The molecule has 2 rings (SSSR count). The Labute approximate surface area is 153 Å². The number of piperazine rings is 1. The number of amides is 1. The number of carbonyl (C=O) groups is 1. The fourth-order valence-corrected chi connectivity index (χ4v) is 4.09. The molecule has 6 nitrogen and oxygen atoms in total. The zero-order valence-corrected chi connectivity index (χ0v) is 16.0. The molecule has 0 aliphatic carbocycles. The molecule has 26 heavy (non-hydrogen) atoms. The van der Waals surface area contributed by atoms with Crippen molar-refractivity contribution >= 4 is 15.9 Å². The molecular formula is C17H25F2N3O3S. The van der Waals surface area contributed by atoms with Crippen LogP contribution in [0.25, 0.3) is 0 Å². The highest BCUT2D eigenvalue weighted by molar-refractivity contribution is 7.89. The van der Waals surface area contributed by atoms with E-state index < -0.39 is 26.6 Å². The summed E-state index contributed by atoms with van der Waals surface area (Å²) in [7, 11) is -4.03. The number of rotatable bonds is 6. The second kappa shape index (κ2) is 8.41. The summed E-state index contributed by atoms with van der Waals surface area (Å²) in [5, 5.41) is 2.91. The number of sulfonamides is 1. The third kappa shape index (κ3) is 4.99. The van der Waals surface area contributed by atoms with Crippen LogP contribution >= 0.6 is 0 Å². The smallest absolute Gasteiger partial charge is 0.246 e. The number of hydrogen-bond acceptors (Lipinski definition) is 4. The zero-order valence-electron chi connectivity index (χ0n) is 15.2. The highest BCUT2D eigenvalue weighted by Gasteiger charge is 2.31. The van der Waals surface area contributed by atoms with Crippen molar-refractivity contribution in [3.8, 4) is 0 Å². The second-order valence-corrected chi connectivity index (χ2v) is 8.76. The van der Waals surface area contributed by atoms with Gasteiger partial charge in [-0.1, -0.05) is 13.8 Å². The number of halogens is 2. The largest absolute Gasteiger partial charge is 0.352 e. The van der Waals surface area contributed by atoms with Crippen molar-refractivity contribution in [2.75, 3.05) is 32.7 Å². The highest BCUT2D eigenvalue weighted by atomic mass is 32.2. The standard InChI is InChI=1S/C17H25F2N3O3S/c1-12(2)13(3)20-17(23)11-21-6-8-22(9-7-21)26(24,25)16-5-4-14(18)10-15(16)19/h4-5,10,12-13H,6-9,11H2,1-3H3,(H,20,23)/t13-/m1/s1. The zero-order chi connectivity index (χ0) is 19.5. The first kappa shape index (κ1) is 20.7. The highest BCUT2D eigenvalue weighted by Crippen LogP contribution is 2.21. The lowest BCUT2D eigenvalue weighted by molar-refractivity contribution is -0.123. The van der Waals surface area contributed by atoms with Crippen LogP contribution in [0.5, 0.6) is 0 Å². The molecule has 0 aromatic heterocycles. The molecule has 1 heterocycles. The van der Waals surface area contributed by atoms with Gasteiger partial charge in [0.25, 0.3) is 0 Å². The minimum absolute atomic E-state index is 0.0608. The van der Waals surface area contributed by atoms with E-state index in [0.717, 1.165) is 16.4 Å². The number of hydrogen-bond donors (Lipinski definition) is 1. The Morgan fingerprint density at radius 3 is 2.31 bits per heavy atom. The topological polar surface area (TPSA) is 69.7 Å². The van der Waals surface area contributed by atoms with Gasteiger partial charge in [-0.15, -0.1) is 0 Å². The van der Waals surface area contributed by atoms with Crippen LogP contribution in [0.1, 0.15) is 20.8 Å². The van der Waals surface area contributed by atoms with E-state index in [-0.39, 0.29) is 31.6 Å². The molecule has 0 bridgehead atoms. The molecule has 9 heteroatoms. The first-order valence-electron chi connectivity index (χ1n) is 8.58. The van der Waals surface area contributed by atoms with Crippen LogP contribution in [0, 0.1) is 17.6 Å². The van der Waals surface area contributed by atoms with E-state index in [2.05, 4.69) is 5.32 Å². The Hall–Kier alpha value is -1.58. The molecule has 0 unspecified atom stereocenters. The summed E-state index contributed by atoms with van der Waals surface area (Å²) in [6, 6.07) is 2.48. The predicted molar refractivity (Wildman–Crippen MR) is 94.0 cm³/mol. The van der Waals surface area contributed by atoms with Gasteiger partial charge in [-0.05, 0) is 25.0 Å². The van der Waals surface area contributed by atoms with Gasteiger partial charge in [0.2, 0.25) is 15.9 Å². The van der Waals surface area contributed by atoms with Crippen molar-refractivity contribution in [3.63, 3.8) is 0 Å². The Morgan fingerprint density at radius 1 is 1.15 bits per heavy atom. The lowest BCUT2D eigenvalue weighted by atomic mass is 10.1. The van der Waals surface area contributed by atoms with E-state index >= 15 is 0 Å². The number of carbonyl (C=O) groups excluding carboxylic acids is 1. The molecule has 0 saturated carbocycles. The first-order chi connectivity index (χ1) is 12.1. The van der Waals surface area contributed by atoms with E-state index in [1.807, 2.05) is 25.7 Å². The molecule has 1 aliphatic heterocycles. The van der Waals surface area contributed by atoms with E-state index in [1.54, 1.807) is 0 Å². The van der Waals surface area contributed by atoms with Gasteiger partial charge in [-0.2, -0.15) is 4.31 Å². The minimum Gasteiger partial charge on any atom is -0.352 e. The fraction of sp³-hybridized carbons (Fsp3) is 0.588. The van der Waals surface area contributed by atoms with Gasteiger partial charge in [0.05, 0.1) is 6.54 Å². The molecular weight excluding hydrogens is 364 g/mol. The summed E-state index contributed by atoms with van der Waals surface area (Å²) in [6.07, 6.45) is 0. The van der Waals surface area contributed by atoms with Gasteiger partial charge in [-0.25, -0.2) is 17.2 Å². The molecule has 1 aliphatic rings. The molecule has 0 spiro atoms. The van der Waals surface area contributed by atoms with E-state index in [9.17, 15) is 22.0 Å². The van der Waals surface area contributed by atoms with Crippen molar-refractivity contribution in [1.29, 1.82) is 0 Å². The summed E-state index contributed by atoms with van der Waals surface area (Å²) >= 11 is 0. The average Bonchev–Trinajstić information content (AvgIpc) is 2.54. The average molecular weight is 389 g/mol. The molecule has 1 fully saturated rings. The summed E-state index contributed by atoms with van der Waals surface area (Å²) < 4.78 is 53.1. The van der Waals surface area contributed by atoms with E-state index in [0.29, 0.717) is 25.1 Å². The van der Waals surface area contributed by atoms with Gasteiger partial charge in [0.15, 0.2) is 0 Å². The minimum atomic E-state index is -4.03. The van der Waals surface area contributed by atoms with E-state index in [1.165, 1.54) is 0 Å². The lowest BCUT2D eigenvalue weighted by Gasteiger charge is -2.33. The molecule has 1 amide bonds. The number of nitrogens with one attached hydrogen (secondary N) is 1. The van der Waals surface area contributed by atoms with E-state index in [4.69, 9.17) is 0 Å². The predicted octanol–water partition coefficient (Wildman–Crippen LogP) is 1.43. The third-order valence-electron chi connectivity index (χ3n) is 4.60. The van der Waals surface area contributed by atoms with Crippen LogP contribution in [0.2, 0.25) is 0 Å². The van der Waals surface area contributed by atoms with Crippen molar-refractivity contribution in [3.05, 3.63) is 29.8 Å². The second-order valence-electron chi connectivity index (χ2n) is 6.86. The maximum Gasteiger partial charge on any atom is 0.246 e. The van der Waals surface area contributed by atoms with Crippen molar-refractivity contribution < 1.29 is 22.0 Å². The molecule has 1 saturated heterocycles. The maximum atomic E-state index is 13.8. The Morgan fingerprint density at radius 2 is 1.77 bits per heavy atom. The van der Waals surface area contributed by atoms with Crippen LogP contribution in [0.15, 0.2) is 23.1 Å². The SMILES string of the molecule is CC(C)[C@@H](C)NC(=O)CN1CCN(S(=O)(=O)c2ccc(F)cc2F)CC1.